The van der Waals surface area contributed by atoms with Crippen LogP contribution in [0.3, 0.4) is 0 Å². The summed E-state index contributed by atoms with van der Waals surface area (Å²) in [6, 6.07) is 12.6. The van der Waals surface area contributed by atoms with E-state index in [4.69, 9.17) is 4.42 Å². The van der Waals surface area contributed by atoms with Crippen molar-refractivity contribution in [3.8, 4) is 0 Å². The molecule has 1 amide bonds. The standard InChI is InChI=1S/C22H25FN2O2/c1-4-25(5-2)14-17-8-6-16(7-9-17)13-24-22(26)21-15(3)19-12-18(23)10-11-20(19)27-21/h6-12H,4-5,13-14H2,1-3H3,(H,24,26)/p+1. The van der Waals surface area contributed by atoms with Gasteiger partial charge >= 0.3 is 0 Å². The van der Waals surface area contributed by atoms with E-state index in [1.165, 1.54) is 22.6 Å². The normalized spacial score (nSPS) is 11.3. The molecule has 4 nitrogen and oxygen atoms in total. The van der Waals surface area contributed by atoms with Crippen LogP contribution in [0.25, 0.3) is 11.0 Å². The Morgan fingerprint density at radius 2 is 1.74 bits per heavy atom. The lowest BCUT2D eigenvalue weighted by molar-refractivity contribution is -0.910. The number of furan rings is 1. The highest BCUT2D eigenvalue weighted by Crippen LogP contribution is 2.25. The zero-order chi connectivity index (χ0) is 19.4. The first kappa shape index (κ1) is 19.1. The van der Waals surface area contributed by atoms with Crippen molar-refractivity contribution in [3.63, 3.8) is 0 Å². The Kier molecular flexibility index (Phi) is 5.91. The van der Waals surface area contributed by atoms with E-state index in [9.17, 15) is 9.18 Å². The van der Waals surface area contributed by atoms with Crippen molar-refractivity contribution in [2.24, 2.45) is 0 Å². The molecule has 0 saturated heterocycles. The first-order chi connectivity index (χ1) is 13.0. The Morgan fingerprint density at radius 3 is 2.41 bits per heavy atom. The fourth-order valence-corrected chi connectivity index (χ4v) is 3.24. The third-order valence-corrected chi connectivity index (χ3v) is 5.03. The lowest BCUT2D eigenvalue weighted by Crippen LogP contribution is -3.10. The second-order valence-corrected chi connectivity index (χ2v) is 6.83. The molecule has 2 aromatic carbocycles. The summed E-state index contributed by atoms with van der Waals surface area (Å²) in [6.45, 7) is 9.79. The SMILES string of the molecule is CC[NH+](CC)Cc1ccc(CNC(=O)c2oc3ccc(F)cc3c2C)cc1. The van der Waals surface area contributed by atoms with Gasteiger partial charge in [0.25, 0.3) is 5.91 Å². The minimum absolute atomic E-state index is 0.234. The van der Waals surface area contributed by atoms with Gasteiger partial charge in [-0.15, -0.1) is 0 Å². The molecule has 1 aromatic heterocycles. The first-order valence-corrected chi connectivity index (χ1v) is 9.40. The van der Waals surface area contributed by atoms with Crippen molar-refractivity contribution in [3.05, 3.63) is 70.7 Å². The maximum absolute atomic E-state index is 13.4. The van der Waals surface area contributed by atoms with E-state index < -0.39 is 0 Å². The minimum atomic E-state index is -0.343. The molecule has 2 N–H and O–H groups in total. The number of hydrogen-bond acceptors (Lipinski definition) is 2. The molecule has 0 saturated carbocycles. The molecular weight excluding hydrogens is 343 g/mol. The Labute approximate surface area is 159 Å². The summed E-state index contributed by atoms with van der Waals surface area (Å²) in [5, 5.41) is 3.51. The predicted octanol–water partition coefficient (Wildman–Crippen LogP) is 3.24. The van der Waals surface area contributed by atoms with Gasteiger partial charge in [0.2, 0.25) is 0 Å². The van der Waals surface area contributed by atoms with E-state index in [1.807, 2.05) is 12.1 Å². The van der Waals surface area contributed by atoms with Crippen LogP contribution in [0.2, 0.25) is 0 Å². The number of fused-ring (bicyclic) bond motifs is 1. The van der Waals surface area contributed by atoms with Crippen LogP contribution in [0.15, 0.2) is 46.9 Å². The van der Waals surface area contributed by atoms with Crippen LogP contribution in [-0.2, 0) is 13.1 Å². The summed E-state index contributed by atoms with van der Waals surface area (Å²) in [6.07, 6.45) is 0. The number of carbonyl (C=O) groups excluding carboxylic acids is 1. The number of halogens is 1. The molecule has 27 heavy (non-hydrogen) atoms. The zero-order valence-corrected chi connectivity index (χ0v) is 16.1. The Bertz CT molecular complexity index is 927. The average Bonchev–Trinajstić information content (AvgIpc) is 3.01. The number of aryl methyl sites for hydroxylation is 1. The fraction of sp³-hybridized carbons (Fsp3) is 0.318. The molecular formula is C22H26FN2O2+. The van der Waals surface area contributed by atoms with Gasteiger partial charge in [0.15, 0.2) is 5.76 Å². The van der Waals surface area contributed by atoms with E-state index >= 15 is 0 Å². The highest BCUT2D eigenvalue weighted by atomic mass is 19.1. The van der Waals surface area contributed by atoms with Crippen molar-refractivity contribution in [1.82, 2.24) is 5.32 Å². The van der Waals surface area contributed by atoms with Gasteiger partial charge in [-0.3, -0.25) is 4.79 Å². The molecule has 0 aliphatic rings. The number of hydrogen-bond donors (Lipinski definition) is 2. The molecule has 0 unspecified atom stereocenters. The molecule has 0 atom stereocenters. The fourth-order valence-electron chi connectivity index (χ4n) is 3.24. The summed E-state index contributed by atoms with van der Waals surface area (Å²) in [7, 11) is 0. The van der Waals surface area contributed by atoms with E-state index in [0.717, 1.165) is 25.2 Å². The lowest BCUT2D eigenvalue weighted by Gasteiger charge is -2.15. The molecule has 5 heteroatoms. The number of carbonyl (C=O) groups is 1. The van der Waals surface area contributed by atoms with E-state index in [-0.39, 0.29) is 17.5 Å². The van der Waals surface area contributed by atoms with Crippen molar-refractivity contribution < 1.29 is 18.5 Å². The summed E-state index contributed by atoms with van der Waals surface area (Å²) in [4.78, 5) is 14.0. The largest absolute Gasteiger partial charge is 0.451 e. The van der Waals surface area contributed by atoms with Crippen LogP contribution in [-0.4, -0.2) is 19.0 Å². The number of nitrogens with one attached hydrogen (secondary N) is 2. The van der Waals surface area contributed by atoms with Crippen molar-refractivity contribution in [1.29, 1.82) is 0 Å². The molecule has 0 aliphatic carbocycles. The molecule has 1 heterocycles. The number of benzene rings is 2. The van der Waals surface area contributed by atoms with Crippen molar-refractivity contribution in [2.75, 3.05) is 13.1 Å². The van der Waals surface area contributed by atoms with Crippen molar-refractivity contribution >= 4 is 16.9 Å². The van der Waals surface area contributed by atoms with Gasteiger partial charge in [0.05, 0.1) is 13.1 Å². The summed E-state index contributed by atoms with van der Waals surface area (Å²) in [5.74, 6) is -0.400. The highest BCUT2D eigenvalue weighted by molar-refractivity contribution is 5.98. The smallest absolute Gasteiger partial charge is 0.287 e. The van der Waals surface area contributed by atoms with Crippen molar-refractivity contribution in [2.45, 2.75) is 33.9 Å². The zero-order valence-electron chi connectivity index (χ0n) is 16.1. The molecule has 0 fully saturated rings. The maximum atomic E-state index is 13.4. The predicted molar refractivity (Wildman–Crippen MR) is 104 cm³/mol. The van der Waals surface area contributed by atoms with Crippen LogP contribution < -0.4 is 10.2 Å². The molecule has 3 aromatic rings. The van der Waals surface area contributed by atoms with Gasteiger partial charge in [0, 0.05) is 23.1 Å². The summed E-state index contributed by atoms with van der Waals surface area (Å²) in [5.41, 5.74) is 3.49. The first-order valence-electron chi connectivity index (χ1n) is 9.40. The summed E-state index contributed by atoms with van der Waals surface area (Å²) < 4.78 is 19.0. The van der Waals surface area contributed by atoms with Gasteiger partial charge in [0.1, 0.15) is 17.9 Å². The van der Waals surface area contributed by atoms with Gasteiger partial charge < -0.3 is 14.6 Å². The second-order valence-electron chi connectivity index (χ2n) is 6.83. The molecule has 0 radical (unpaired) electrons. The van der Waals surface area contributed by atoms with Gasteiger partial charge in [-0.1, -0.05) is 24.3 Å². The van der Waals surface area contributed by atoms with E-state index in [1.54, 1.807) is 13.0 Å². The van der Waals surface area contributed by atoms with Crippen LogP contribution in [0.4, 0.5) is 4.39 Å². The van der Waals surface area contributed by atoms with Crippen LogP contribution in [0.5, 0.6) is 0 Å². The quantitative estimate of drug-likeness (QED) is 0.672. The molecule has 3 rings (SSSR count). The molecule has 0 bridgehead atoms. The van der Waals surface area contributed by atoms with Gasteiger partial charge in [-0.2, -0.15) is 0 Å². The average molecular weight is 369 g/mol. The van der Waals surface area contributed by atoms with E-state index in [2.05, 4.69) is 31.3 Å². The lowest BCUT2D eigenvalue weighted by atomic mass is 10.1. The number of rotatable bonds is 7. The third-order valence-electron chi connectivity index (χ3n) is 5.03. The second kappa shape index (κ2) is 8.35. The van der Waals surface area contributed by atoms with Gasteiger partial charge in [-0.25, -0.2) is 4.39 Å². The molecule has 0 spiro atoms. The summed E-state index contributed by atoms with van der Waals surface area (Å²) >= 11 is 0. The van der Waals surface area contributed by atoms with Crippen LogP contribution >= 0.6 is 0 Å². The molecule has 0 aliphatic heterocycles. The number of quaternary nitrogens is 1. The molecule has 142 valence electrons. The van der Waals surface area contributed by atoms with Crippen LogP contribution in [0, 0.1) is 12.7 Å². The Morgan fingerprint density at radius 1 is 1.07 bits per heavy atom. The maximum Gasteiger partial charge on any atom is 0.287 e. The minimum Gasteiger partial charge on any atom is -0.451 e. The number of amides is 1. The monoisotopic (exact) mass is 369 g/mol. The topological polar surface area (TPSA) is 46.7 Å². The highest BCUT2D eigenvalue weighted by Gasteiger charge is 2.17. The Hall–Kier alpha value is -2.66. The Balaban J connectivity index is 1.65. The van der Waals surface area contributed by atoms with Crippen LogP contribution in [0.1, 0.15) is 41.1 Å². The van der Waals surface area contributed by atoms with Gasteiger partial charge in [-0.05, 0) is 44.5 Å². The van der Waals surface area contributed by atoms with E-state index in [0.29, 0.717) is 23.1 Å². The third kappa shape index (κ3) is 4.37.